The van der Waals surface area contributed by atoms with Crippen LogP contribution in [-0.2, 0) is 0 Å². The van der Waals surface area contributed by atoms with Gasteiger partial charge in [0.05, 0.1) is 0 Å². The van der Waals surface area contributed by atoms with Gasteiger partial charge in [0, 0.05) is 31.2 Å². The van der Waals surface area contributed by atoms with Crippen molar-refractivity contribution in [2.24, 2.45) is 0 Å². The molecule has 1 N–H and O–H groups in total. The summed E-state index contributed by atoms with van der Waals surface area (Å²) in [5.41, 5.74) is 0.844. The van der Waals surface area contributed by atoms with Crippen LogP contribution in [0.25, 0.3) is 0 Å². The van der Waals surface area contributed by atoms with Gasteiger partial charge in [0.2, 0.25) is 0 Å². The Morgan fingerprint density at radius 1 is 1.29 bits per heavy atom. The molecule has 0 saturated carbocycles. The molecule has 1 aromatic rings. The zero-order valence-corrected chi connectivity index (χ0v) is 10.5. The first-order valence-electron chi connectivity index (χ1n) is 6.52. The van der Waals surface area contributed by atoms with Gasteiger partial charge in [0.1, 0.15) is 5.82 Å². The molecule has 1 atom stereocenters. The quantitative estimate of drug-likeness (QED) is 0.867. The van der Waals surface area contributed by atoms with Crippen molar-refractivity contribution in [1.29, 1.82) is 0 Å². The summed E-state index contributed by atoms with van der Waals surface area (Å²) in [6, 6.07) is 7.39. The minimum Gasteiger partial charge on any atom is -0.315 e. The van der Waals surface area contributed by atoms with Gasteiger partial charge in [-0.05, 0) is 25.5 Å². The molecule has 1 fully saturated rings. The molecule has 94 valence electrons. The van der Waals surface area contributed by atoms with Crippen molar-refractivity contribution in [3.05, 3.63) is 35.6 Å². The van der Waals surface area contributed by atoms with Crippen LogP contribution in [0.1, 0.15) is 31.4 Å². The number of hydrogen-bond donors (Lipinski definition) is 1. The molecule has 0 aliphatic carbocycles. The van der Waals surface area contributed by atoms with E-state index in [0.717, 1.165) is 44.6 Å². The minimum atomic E-state index is -0.0726. The van der Waals surface area contributed by atoms with Crippen LogP contribution in [0.2, 0.25) is 0 Å². The second-order valence-corrected chi connectivity index (χ2v) is 4.59. The van der Waals surface area contributed by atoms with Gasteiger partial charge in [0.25, 0.3) is 0 Å². The van der Waals surface area contributed by atoms with Crippen molar-refractivity contribution >= 4 is 0 Å². The number of nitrogens with one attached hydrogen (secondary N) is 1. The summed E-state index contributed by atoms with van der Waals surface area (Å²) < 4.78 is 13.8. The molecule has 1 aliphatic heterocycles. The SMILES string of the molecule is CCC(c1ccccc1F)N1CCCNCC1. The molecule has 1 saturated heterocycles. The molecule has 1 aromatic carbocycles. The Hall–Kier alpha value is -0.930. The van der Waals surface area contributed by atoms with E-state index >= 15 is 0 Å². The van der Waals surface area contributed by atoms with Gasteiger partial charge in [-0.25, -0.2) is 4.39 Å². The van der Waals surface area contributed by atoms with E-state index < -0.39 is 0 Å². The Balaban J connectivity index is 2.17. The fourth-order valence-electron chi connectivity index (χ4n) is 2.60. The second kappa shape index (κ2) is 6.12. The van der Waals surface area contributed by atoms with E-state index in [2.05, 4.69) is 17.1 Å². The molecule has 17 heavy (non-hydrogen) atoms. The van der Waals surface area contributed by atoms with Crippen molar-refractivity contribution in [2.45, 2.75) is 25.8 Å². The molecule has 2 rings (SSSR count). The van der Waals surface area contributed by atoms with Crippen molar-refractivity contribution in [3.63, 3.8) is 0 Å². The topological polar surface area (TPSA) is 15.3 Å². The molecule has 0 amide bonds. The molecule has 1 unspecified atom stereocenters. The Labute approximate surface area is 103 Å². The van der Waals surface area contributed by atoms with Crippen molar-refractivity contribution in [3.8, 4) is 0 Å². The van der Waals surface area contributed by atoms with Crippen molar-refractivity contribution < 1.29 is 4.39 Å². The maximum Gasteiger partial charge on any atom is 0.127 e. The third-order valence-corrected chi connectivity index (χ3v) is 3.47. The molecule has 0 bridgehead atoms. The first kappa shape index (κ1) is 12.5. The van der Waals surface area contributed by atoms with Crippen molar-refractivity contribution in [2.75, 3.05) is 26.2 Å². The lowest BCUT2D eigenvalue weighted by Crippen LogP contribution is -2.32. The van der Waals surface area contributed by atoms with Gasteiger partial charge in [-0.15, -0.1) is 0 Å². The van der Waals surface area contributed by atoms with Gasteiger partial charge < -0.3 is 5.32 Å². The molecule has 3 heteroatoms. The van der Waals surface area contributed by atoms with Crippen LogP contribution in [0.5, 0.6) is 0 Å². The highest BCUT2D eigenvalue weighted by molar-refractivity contribution is 5.21. The standard InChI is InChI=1S/C14H21FN2/c1-2-14(12-6-3-4-7-13(12)15)17-10-5-8-16-9-11-17/h3-4,6-7,14,16H,2,5,8-11H2,1H3. The maximum atomic E-state index is 13.8. The lowest BCUT2D eigenvalue weighted by molar-refractivity contribution is 0.201. The van der Waals surface area contributed by atoms with E-state index in [1.165, 1.54) is 0 Å². The van der Waals surface area contributed by atoms with Gasteiger partial charge in [-0.1, -0.05) is 25.1 Å². The average Bonchev–Trinajstić information content (AvgIpc) is 2.62. The fraction of sp³-hybridized carbons (Fsp3) is 0.571. The summed E-state index contributed by atoms with van der Waals surface area (Å²) in [6.45, 7) is 6.28. The summed E-state index contributed by atoms with van der Waals surface area (Å²) in [5.74, 6) is -0.0726. The molecule has 1 aliphatic rings. The van der Waals surface area contributed by atoms with Crippen LogP contribution in [0, 0.1) is 5.82 Å². The summed E-state index contributed by atoms with van der Waals surface area (Å²) in [5, 5.41) is 3.39. The largest absolute Gasteiger partial charge is 0.315 e. The summed E-state index contributed by atoms with van der Waals surface area (Å²) in [7, 11) is 0. The average molecular weight is 236 g/mol. The lowest BCUT2D eigenvalue weighted by atomic mass is 10.0. The Bertz CT molecular complexity index is 346. The predicted molar refractivity (Wildman–Crippen MR) is 68.5 cm³/mol. The molecule has 0 aromatic heterocycles. The van der Waals surface area contributed by atoms with E-state index in [4.69, 9.17) is 0 Å². The van der Waals surface area contributed by atoms with Crippen LogP contribution in [0.4, 0.5) is 4.39 Å². The van der Waals surface area contributed by atoms with E-state index in [1.807, 2.05) is 12.1 Å². The maximum absolute atomic E-state index is 13.8. The molecule has 0 spiro atoms. The fourth-order valence-corrected chi connectivity index (χ4v) is 2.60. The monoisotopic (exact) mass is 236 g/mol. The number of nitrogens with zero attached hydrogens (tertiary/aromatic N) is 1. The van der Waals surface area contributed by atoms with Gasteiger partial charge in [-0.3, -0.25) is 4.90 Å². The highest BCUT2D eigenvalue weighted by Crippen LogP contribution is 2.26. The van der Waals surface area contributed by atoms with Gasteiger partial charge in [-0.2, -0.15) is 0 Å². The summed E-state index contributed by atoms with van der Waals surface area (Å²) >= 11 is 0. The second-order valence-electron chi connectivity index (χ2n) is 4.59. The van der Waals surface area contributed by atoms with Gasteiger partial charge >= 0.3 is 0 Å². The highest BCUT2D eigenvalue weighted by atomic mass is 19.1. The smallest absolute Gasteiger partial charge is 0.127 e. The third-order valence-electron chi connectivity index (χ3n) is 3.47. The predicted octanol–water partition coefficient (Wildman–Crippen LogP) is 2.57. The normalized spacial score (nSPS) is 19.9. The Kier molecular flexibility index (Phi) is 4.51. The number of hydrogen-bond acceptors (Lipinski definition) is 2. The van der Waals surface area contributed by atoms with Gasteiger partial charge in [0.15, 0.2) is 0 Å². The Morgan fingerprint density at radius 2 is 2.12 bits per heavy atom. The summed E-state index contributed by atoms with van der Waals surface area (Å²) in [6.07, 6.45) is 2.10. The molecular formula is C14H21FN2. The minimum absolute atomic E-state index is 0.0726. The van der Waals surface area contributed by atoms with Crippen LogP contribution < -0.4 is 5.32 Å². The zero-order valence-electron chi connectivity index (χ0n) is 10.5. The van der Waals surface area contributed by atoms with E-state index in [0.29, 0.717) is 0 Å². The zero-order chi connectivity index (χ0) is 12.1. The summed E-state index contributed by atoms with van der Waals surface area (Å²) in [4.78, 5) is 2.40. The number of halogens is 1. The van der Waals surface area contributed by atoms with Crippen LogP contribution in [0.3, 0.4) is 0 Å². The van der Waals surface area contributed by atoms with E-state index in [1.54, 1.807) is 12.1 Å². The molecular weight excluding hydrogens is 215 g/mol. The van der Waals surface area contributed by atoms with Crippen molar-refractivity contribution in [1.82, 2.24) is 10.2 Å². The Morgan fingerprint density at radius 3 is 2.88 bits per heavy atom. The molecule has 2 nitrogen and oxygen atoms in total. The number of benzene rings is 1. The van der Waals surface area contributed by atoms with E-state index in [9.17, 15) is 4.39 Å². The molecule has 0 radical (unpaired) electrons. The highest BCUT2D eigenvalue weighted by Gasteiger charge is 2.21. The number of rotatable bonds is 3. The van der Waals surface area contributed by atoms with Crippen LogP contribution in [-0.4, -0.2) is 31.1 Å². The molecule has 1 heterocycles. The first-order chi connectivity index (χ1) is 8.33. The van der Waals surface area contributed by atoms with Crippen LogP contribution in [0.15, 0.2) is 24.3 Å². The first-order valence-corrected chi connectivity index (χ1v) is 6.52. The van der Waals surface area contributed by atoms with Crippen LogP contribution >= 0.6 is 0 Å². The van der Waals surface area contributed by atoms with E-state index in [-0.39, 0.29) is 11.9 Å². The lowest BCUT2D eigenvalue weighted by Gasteiger charge is -2.30. The third kappa shape index (κ3) is 3.05.